The molecule has 1 aliphatic rings. The maximum Gasteiger partial charge on any atom is 0.416 e. The predicted octanol–water partition coefficient (Wildman–Crippen LogP) is 2.69. The number of halogens is 3. The van der Waals surface area contributed by atoms with Crippen LogP contribution in [-0.4, -0.2) is 61.9 Å². The van der Waals surface area contributed by atoms with Crippen LogP contribution in [0, 0.1) is 5.92 Å². The van der Waals surface area contributed by atoms with Crippen LogP contribution in [-0.2, 0) is 17.5 Å². The Morgan fingerprint density at radius 3 is 2.40 bits per heavy atom. The van der Waals surface area contributed by atoms with Crippen molar-refractivity contribution in [2.45, 2.75) is 38.4 Å². The van der Waals surface area contributed by atoms with E-state index in [1.807, 2.05) is 11.9 Å². The molecule has 0 atom stereocenters. The Morgan fingerprint density at radius 2 is 1.87 bits per heavy atom. The highest BCUT2D eigenvalue weighted by atomic mass is 19.4. The first-order chi connectivity index (χ1) is 14.2. The summed E-state index contributed by atoms with van der Waals surface area (Å²) in [5.41, 5.74) is 5.51. The predicted molar refractivity (Wildman–Crippen MR) is 112 cm³/mol. The third-order valence-corrected chi connectivity index (χ3v) is 5.45. The Morgan fingerprint density at radius 1 is 1.23 bits per heavy atom. The lowest BCUT2D eigenvalue weighted by Crippen LogP contribution is -2.40. The van der Waals surface area contributed by atoms with Gasteiger partial charge in [0.25, 0.3) is 0 Å². The Balaban J connectivity index is 1.67. The lowest BCUT2D eigenvalue weighted by molar-refractivity contribution is -0.137. The van der Waals surface area contributed by atoms with Crippen LogP contribution in [0.2, 0.25) is 0 Å². The van der Waals surface area contributed by atoms with Crippen LogP contribution in [0.15, 0.2) is 29.3 Å². The maximum atomic E-state index is 12.7. The smallest absolute Gasteiger partial charge is 0.369 e. The summed E-state index contributed by atoms with van der Waals surface area (Å²) in [5.74, 6) is 0.536. The van der Waals surface area contributed by atoms with Gasteiger partial charge in [-0.25, -0.2) is 0 Å². The number of alkyl halides is 3. The van der Waals surface area contributed by atoms with Crippen LogP contribution in [0.3, 0.4) is 0 Å². The quantitative estimate of drug-likeness (QED) is 0.380. The molecular formula is C21H32F3N5O. The molecule has 0 unspecified atom stereocenters. The first kappa shape index (κ1) is 24.0. The van der Waals surface area contributed by atoms with E-state index in [1.54, 1.807) is 7.05 Å². The second-order valence-corrected chi connectivity index (χ2v) is 7.75. The third kappa shape index (κ3) is 7.51. The van der Waals surface area contributed by atoms with Gasteiger partial charge in [0.2, 0.25) is 5.91 Å². The van der Waals surface area contributed by atoms with Gasteiger partial charge in [-0.15, -0.1) is 0 Å². The molecule has 1 saturated heterocycles. The van der Waals surface area contributed by atoms with E-state index in [1.165, 1.54) is 12.1 Å². The second kappa shape index (κ2) is 11.2. The average molecular weight is 428 g/mol. The number of nitrogens with zero attached hydrogens (tertiary/aromatic N) is 3. The molecule has 9 heteroatoms. The zero-order valence-electron chi connectivity index (χ0n) is 17.7. The van der Waals surface area contributed by atoms with Crippen LogP contribution in [0.4, 0.5) is 13.2 Å². The molecule has 3 N–H and O–H groups in total. The van der Waals surface area contributed by atoms with Crippen LogP contribution >= 0.6 is 0 Å². The largest absolute Gasteiger partial charge is 0.416 e. The molecule has 1 amide bonds. The highest BCUT2D eigenvalue weighted by Gasteiger charge is 2.30. The number of hydrogen-bond donors (Lipinski definition) is 2. The molecular weight excluding hydrogens is 395 g/mol. The van der Waals surface area contributed by atoms with Gasteiger partial charge in [-0.1, -0.05) is 12.1 Å². The van der Waals surface area contributed by atoms with E-state index in [9.17, 15) is 18.0 Å². The molecule has 30 heavy (non-hydrogen) atoms. The van der Waals surface area contributed by atoms with Crippen molar-refractivity contribution < 1.29 is 18.0 Å². The summed E-state index contributed by atoms with van der Waals surface area (Å²) >= 11 is 0. The Hall–Kier alpha value is -2.29. The van der Waals surface area contributed by atoms with E-state index in [4.69, 9.17) is 5.73 Å². The topological polar surface area (TPSA) is 74.0 Å². The van der Waals surface area contributed by atoms with Gasteiger partial charge in [0, 0.05) is 33.1 Å². The summed E-state index contributed by atoms with van der Waals surface area (Å²) in [6.45, 7) is 4.05. The van der Waals surface area contributed by atoms with Crippen molar-refractivity contribution in [2.75, 3.05) is 40.3 Å². The normalized spacial score (nSPS) is 16.5. The van der Waals surface area contributed by atoms with Gasteiger partial charge in [0.1, 0.15) is 0 Å². The van der Waals surface area contributed by atoms with Gasteiger partial charge >= 0.3 is 6.18 Å². The summed E-state index contributed by atoms with van der Waals surface area (Å²) in [7, 11) is 3.55. The lowest BCUT2D eigenvalue weighted by Gasteiger charge is -2.30. The molecule has 1 aromatic carbocycles. The minimum absolute atomic E-state index is 0.0199. The average Bonchev–Trinajstić information content (AvgIpc) is 2.70. The number of likely N-dealkylation sites (tertiary alicyclic amines) is 1. The molecule has 2 rings (SSSR count). The van der Waals surface area contributed by atoms with Crippen molar-refractivity contribution in [3.63, 3.8) is 0 Å². The van der Waals surface area contributed by atoms with E-state index in [0.29, 0.717) is 12.5 Å². The first-order valence-electron chi connectivity index (χ1n) is 10.3. The molecule has 0 radical (unpaired) electrons. The summed E-state index contributed by atoms with van der Waals surface area (Å²) in [6, 6.07) is 5.19. The summed E-state index contributed by atoms with van der Waals surface area (Å²) in [4.78, 5) is 19.7. The fourth-order valence-electron chi connectivity index (χ4n) is 3.63. The molecule has 1 heterocycles. The van der Waals surface area contributed by atoms with Gasteiger partial charge in [0.05, 0.1) is 5.56 Å². The van der Waals surface area contributed by atoms with Gasteiger partial charge < -0.3 is 20.9 Å². The summed E-state index contributed by atoms with van der Waals surface area (Å²) in [5, 5.41) is 3.30. The fourth-order valence-corrected chi connectivity index (χ4v) is 3.63. The number of aliphatic imine (C=N–C) groups is 1. The number of rotatable bonds is 8. The molecule has 0 aromatic heterocycles. The molecule has 1 aromatic rings. The zero-order chi connectivity index (χ0) is 22.1. The van der Waals surface area contributed by atoms with Crippen molar-refractivity contribution in [2.24, 2.45) is 16.6 Å². The molecule has 1 aliphatic heterocycles. The number of unbranched alkanes of at least 4 members (excludes halogenated alkanes) is 1. The van der Waals surface area contributed by atoms with E-state index in [-0.39, 0.29) is 11.8 Å². The SMILES string of the molecule is CN=C(NCCCCN1CCC(C(N)=O)CC1)N(C)Cc1ccc(C(F)(F)F)cc1. The van der Waals surface area contributed by atoms with Crippen molar-refractivity contribution >= 4 is 11.9 Å². The van der Waals surface area contributed by atoms with E-state index in [2.05, 4.69) is 15.2 Å². The van der Waals surface area contributed by atoms with E-state index >= 15 is 0 Å². The summed E-state index contributed by atoms with van der Waals surface area (Å²) < 4.78 is 38.0. The highest BCUT2D eigenvalue weighted by molar-refractivity contribution is 5.79. The molecule has 0 spiro atoms. The molecule has 0 aliphatic carbocycles. The standard InChI is InChI=1S/C21H32F3N5O/c1-26-20(28(2)15-16-5-7-18(8-6-16)21(22,23)24)27-11-3-4-12-29-13-9-17(10-14-29)19(25)30/h5-8,17H,3-4,9-15H2,1-2H3,(H2,25,30)(H,26,27). The van der Waals surface area contributed by atoms with E-state index < -0.39 is 11.7 Å². The zero-order valence-corrected chi connectivity index (χ0v) is 17.7. The van der Waals surface area contributed by atoms with Gasteiger partial charge in [-0.3, -0.25) is 9.79 Å². The van der Waals surface area contributed by atoms with Crippen molar-refractivity contribution in [3.8, 4) is 0 Å². The number of hydrogen-bond acceptors (Lipinski definition) is 3. The highest BCUT2D eigenvalue weighted by Crippen LogP contribution is 2.29. The lowest BCUT2D eigenvalue weighted by atomic mass is 9.96. The Bertz CT molecular complexity index is 698. The number of nitrogens with one attached hydrogen (secondary N) is 1. The number of piperidine rings is 1. The van der Waals surface area contributed by atoms with Crippen LogP contribution in [0.1, 0.15) is 36.8 Å². The number of guanidine groups is 1. The number of nitrogens with two attached hydrogens (primary N) is 1. The summed E-state index contributed by atoms with van der Waals surface area (Å²) in [6.07, 6.45) is -0.625. The van der Waals surface area contributed by atoms with Crippen molar-refractivity contribution in [1.82, 2.24) is 15.1 Å². The van der Waals surface area contributed by atoms with Crippen molar-refractivity contribution in [3.05, 3.63) is 35.4 Å². The number of primary amides is 1. The number of benzene rings is 1. The third-order valence-electron chi connectivity index (χ3n) is 5.45. The Labute approximate surface area is 176 Å². The molecule has 1 fully saturated rings. The van der Waals surface area contributed by atoms with Gasteiger partial charge in [0.15, 0.2) is 5.96 Å². The van der Waals surface area contributed by atoms with Gasteiger partial charge in [-0.05, 0) is 63.0 Å². The molecule has 6 nitrogen and oxygen atoms in total. The van der Waals surface area contributed by atoms with Gasteiger partial charge in [-0.2, -0.15) is 13.2 Å². The van der Waals surface area contributed by atoms with Crippen molar-refractivity contribution in [1.29, 1.82) is 0 Å². The second-order valence-electron chi connectivity index (χ2n) is 7.75. The Kier molecular flexibility index (Phi) is 8.95. The molecule has 0 saturated carbocycles. The number of carbonyl (C=O) groups is 1. The van der Waals surface area contributed by atoms with Crippen LogP contribution < -0.4 is 11.1 Å². The molecule has 0 bridgehead atoms. The van der Waals surface area contributed by atoms with Crippen LogP contribution in [0.5, 0.6) is 0 Å². The molecule has 168 valence electrons. The van der Waals surface area contributed by atoms with E-state index in [0.717, 1.165) is 69.6 Å². The fraction of sp³-hybridized carbons (Fsp3) is 0.619. The minimum atomic E-state index is -4.32. The minimum Gasteiger partial charge on any atom is -0.369 e. The number of amides is 1. The maximum absolute atomic E-state index is 12.7. The van der Waals surface area contributed by atoms with Crippen LogP contribution in [0.25, 0.3) is 0 Å². The number of carbonyl (C=O) groups excluding carboxylic acids is 1. The first-order valence-corrected chi connectivity index (χ1v) is 10.3. The monoisotopic (exact) mass is 427 g/mol.